The SMILES string of the molecule is C=COCC(COC(=O)[C@@H]1CCC(=O)N1)OC=C. The predicted molar refractivity (Wildman–Crippen MR) is 63.3 cm³/mol. The number of esters is 1. The van der Waals surface area contributed by atoms with Gasteiger partial charge in [0, 0.05) is 6.42 Å². The summed E-state index contributed by atoms with van der Waals surface area (Å²) in [7, 11) is 0. The van der Waals surface area contributed by atoms with Crippen molar-refractivity contribution in [3.8, 4) is 0 Å². The van der Waals surface area contributed by atoms with Crippen LogP contribution in [0.3, 0.4) is 0 Å². The second-order valence-electron chi connectivity index (χ2n) is 3.71. The van der Waals surface area contributed by atoms with Crippen molar-refractivity contribution in [2.75, 3.05) is 13.2 Å². The number of amides is 1. The average Bonchev–Trinajstić information content (AvgIpc) is 2.79. The minimum Gasteiger partial charge on any atom is -0.498 e. The first-order chi connectivity index (χ1) is 8.67. The highest BCUT2D eigenvalue weighted by Gasteiger charge is 2.29. The van der Waals surface area contributed by atoms with Crippen LogP contribution in [0.1, 0.15) is 12.8 Å². The van der Waals surface area contributed by atoms with Crippen molar-refractivity contribution in [1.29, 1.82) is 0 Å². The number of carbonyl (C=O) groups is 2. The van der Waals surface area contributed by atoms with Crippen molar-refractivity contribution in [2.24, 2.45) is 0 Å². The van der Waals surface area contributed by atoms with E-state index in [1.807, 2.05) is 0 Å². The molecule has 18 heavy (non-hydrogen) atoms. The van der Waals surface area contributed by atoms with E-state index in [1.165, 1.54) is 12.5 Å². The molecule has 1 rings (SSSR count). The molecule has 1 heterocycles. The maximum Gasteiger partial charge on any atom is 0.328 e. The fourth-order valence-electron chi connectivity index (χ4n) is 1.50. The van der Waals surface area contributed by atoms with Gasteiger partial charge in [-0.3, -0.25) is 4.79 Å². The summed E-state index contributed by atoms with van der Waals surface area (Å²) in [5.41, 5.74) is 0. The number of nitrogens with one attached hydrogen (secondary N) is 1. The molecule has 0 radical (unpaired) electrons. The van der Waals surface area contributed by atoms with Crippen LogP contribution >= 0.6 is 0 Å². The van der Waals surface area contributed by atoms with Crippen molar-refractivity contribution < 1.29 is 23.8 Å². The van der Waals surface area contributed by atoms with Gasteiger partial charge in [-0.05, 0) is 6.42 Å². The molecule has 1 saturated heterocycles. The van der Waals surface area contributed by atoms with Crippen LogP contribution in [-0.4, -0.2) is 37.2 Å². The van der Waals surface area contributed by atoms with Crippen molar-refractivity contribution in [3.63, 3.8) is 0 Å². The van der Waals surface area contributed by atoms with E-state index < -0.39 is 18.1 Å². The summed E-state index contributed by atoms with van der Waals surface area (Å²) in [5, 5.41) is 2.53. The smallest absolute Gasteiger partial charge is 0.328 e. The van der Waals surface area contributed by atoms with Crippen LogP contribution in [0.4, 0.5) is 0 Å². The molecule has 1 N–H and O–H groups in total. The van der Waals surface area contributed by atoms with E-state index in [0.29, 0.717) is 12.8 Å². The lowest BCUT2D eigenvalue weighted by Crippen LogP contribution is -2.36. The topological polar surface area (TPSA) is 73.9 Å². The lowest BCUT2D eigenvalue weighted by molar-refractivity contribution is -0.150. The molecule has 1 amide bonds. The van der Waals surface area contributed by atoms with E-state index in [9.17, 15) is 9.59 Å². The summed E-state index contributed by atoms with van der Waals surface area (Å²) in [6.45, 7) is 7.06. The van der Waals surface area contributed by atoms with Crippen LogP contribution in [0, 0.1) is 0 Å². The summed E-state index contributed by atoms with van der Waals surface area (Å²) in [5.74, 6) is -0.594. The van der Waals surface area contributed by atoms with Gasteiger partial charge in [0.1, 0.15) is 19.3 Å². The quantitative estimate of drug-likeness (QED) is 0.505. The first-order valence-electron chi connectivity index (χ1n) is 5.62. The molecular weight excluding hydrogens is 238 g/mol. The highest BCUT2D eigenvalue weighted by Crippen LogP contribution is 2.08. The monoisotopic (exact) mass is 255 g/mol. The zero-order valence-electron chi connectivity index (χ0n) is 10.1. The van der Waals surface area contributed by atoms with Crippen molar-refractivity contribution in [1.82, 2.24) is 5.32 Å². The molecule has 6 heteroatoms. The standard InChI is InChI=1S/C12H17NO5/c1-3-16-7-9(17-4-2)8-18-12(15)10-5-6-11(14)13-10/h3-4,9-10H,1-2,5-8H2,(H,13,14)/t9?,10-/m0/s1. The van der Waals surface area contributed by atoms with E-state index >= 15 is 0 Å². The third-order valence-electron chi connectivity index (χ3n) is 2.38. The minimum atomic E-state index is -0.554. The fraction of sp³-hybridized carbons (Fsp3) is 0.500. The highest BCUT2D eigenvalue weighted by atomic mass is 16.6. The second kappa shape index (κ2) is 7.37. The van der Waals surface area contributed by atoms with E-state index in [-0.39, 0.29) is 19.1 Å². The van der Waals surface area contributed by atoms with Gasteiger partial charge in [0.05, 0.1) is 12.5 Å². The Morgan fingerprint density at radius 2 is 2.22 bits per heavy atom. The largest absolute Gasteiger partial charge is 0.498 e. The van der Waals surface area contributed by atoms with Crippen LogP contribution in [-0.2, 0) is 23.8 Å². The Bertz CT molecular complexity index is 328. The average molecular weight is 255 g/mol. The molecule has 0 aromatic rings. The van der Waals surface area contributed by atoms with Gasteiger partial charge in [-0.2, -0.15) is 0 Å². The number of rotatable bonds is 8. The second-order valence-corrected chi connectivity index (χ2v) is 3.71. The molecular formula is C12H17NO5. The molecule has 1 fully saturated rings. The van der Waals surface area contributed by atoms with Crippen LogP contribution in [0.2, 0.25) is 0 Å². The third-order valence-corrected chi connectivity index (χ3v) is 2.38. The fourth-order valence-corrected chi connectivity index (χ4v) is 1.50. The van der Waals surface area contributed by atoms with E-state index in [4.69, 9.17) is 14.2 Å². The maximum absolute atomic E-state index is 11.6. The number of ether oxygens (including phenoxy) is 3. The zero-order chi connectivity index (χ0) is 13.4. The van der Waals surface area contributed by atoms with Gasteiger partial charge < -0.3 is 19.5 Å². The summed E-state index contributed by atoms with van der Waals surface area (Å²) in [4.78, 5) is 22.5. The summed E-state index contributed by atoms with van der Waals surface area (Å²) < 4.78 is 15.1. The molecule has 0 bridgehead atoms. The lowest BCUT2D eigenvalue weighted by Gasteiger charge is -2.17. The summed E-state index contributed by atoms with van der Waals surface area (Å²) in [6.07, 6.45) is 2.90. The Kier molecular flexibility index (Phi) is 5.76. The van der Waals surface area contributed by atoms with Crippen LogP contribution in [0.15, 0.2) is 25.7 Å². The molecule has 1 aliphatic rings. The maximum atomic E-state index is 11.6. The van der Waals surface area contributed by atoms with E-state index in [1.54, 1.807) is 0 Å². The molecule has 1 unspecified atom stereocenters. The van der Waals surface area contributed by atoms with Gasteiger partial charge in [-0.15, -0.1) is 0 Å². The lowest BCUT2D eigenvalue weighted by atomic mass is 10.2. The molecule has 1 aliphatic heterocycles. The first-order valence-corrected chi connectivity index (χ1v) is 5.62. The Morgan fingerprint density at radius 3 is 2.78 bits per heavy atom. The van der Waals surface area contributed by atoms with Gasteiger partial charge in [-0.1, -0.05) is 13.2 Å². The normalized spacial score (nSPS) is 19.6. The molecule has 0 aromatic heterocycles. The van der Waals surface area contributed by atoms with Crippen molar-refractivity contribution >= 4 is 11.9 Å². The van der Waals surface area contributed by atoms with Gasteiger partial charge in [0.2, 0.25) is 5.91 Å². The van der Waals surface area contributed by atoms with Gasteiger partial charge in [0.25, 0.3) is 0 Å². The molecule has 2 atom stereocenters. The molecule has 0 aromatic carbocycles. The Hall–Kier alpha value is -1.98. The number of hydrogen-bond donors (Lipinski definition) is 1. The van der Waals surface area contributed by atoms with E-state index in [0.717, 1.165) is 0 Å². The number of hydrogen-bond acceptors (Lipinski definition) is 5. The molecule has 0 aliphatic carbocycles. The van der Waals surface area contributed by atoms with Gasteiger partial charge >= 0.3 is 5.97 Å². The Morgan fingerprint density at radius 1 is 1.44 bits per heavy atom. The number of carbonyl (C=O) groups excluding carboxylic acids is 2. The Balaban J connectivity index is 2.31. The van der Waals surface area contributed by atoms with Crippen molar-refractivity contribution in [2.45, 2.75) is 25.0 Å². The molecule has 100 valence electrons. The van der Waals surface area contributed by atoms with Gasteiger partial charge in [0.15, 0.2) is 6.10 Å². The van der Waals surface area contributed by atoms with Crippen molar-refractivity contribution in [3.05, 3.63) is 25.7 Å². The minimum absolute atomic E-state index is 0.0328. The van der Waals surface area contributed by atoms with E-state index in [2.05, 4.69) is 18.5 Å². The van der Waals surface area contributed by atoms with Gasteiger partial charge in [-0.25, -0.2) is 4.79 Å². The molecule has 0 spiro atoms. The first kappa shape index (κ1) is 14.1. The molecule has 0 saturated carbocycles. The molecule has 6 nitrogen and oxygen atoms in total. The van der Waals surface area contributed by atoms with Crippen LogP contribution in [0.5, 0.6) is 0 Å². The Labute approximate surface area is 106 Å². The summed E-state index contributed by atoms with van der Waals surface area (Å²) in [6, 6.07) is -0.554. The zero-order valence-corrected chi connectivity index (χ0v) is 10.1. The highest BCUT2D eigenvalue weighted by molar-refractivity contribution is 5.88. The van der Waals surface area contributed by atoms with Crippen LogP contribution in [0.25, 0.3) is 0 Å². The van der Waals surface area contributed by atoms with Crippen LogP contribution < -0.4 is 5.32 Å². The summed E-state index contributed by atoms with van der Waals surface area (Å²) >= 11 is 0. The predicted octanol–water partition coefficient (Wildman–Crippen LogP) is 0.497. The third kappa shape index (κ3) is 4.48.